The van der Waals surface area contributed by atoms with E-state index in [-0.39, 0.29) is 0 Å². The third kappa shape index (κ3) is 5.59. The SMILES string of the molecule is CCCCN(CCCC)c1nc(C(C)CC)c(CNC)s1. The molecule has 3 nitrogen and oxygen atoms in total. The predicted molar refractivity (Wildman–Crippen MR) is 95.6 cm³/mol. The number of aromatic nitrogens is 1. The van der Waals surface area contributed by atoms with E-state index in [1.807, 2.05) is 18.4 Å². The van der Waals surface area contributed by atoms with E-state index in [2.05, 4.69) is 37.9 Å². The van der Waals surface area contributed by atoms with Crippen LogP contribution in [0.15, 0.2) is 0 Å². The Hall–Kier alpha value is -0.610. The Kier molecular flexibility index (Phi) is 8.93. The summed E-state index contributed by atoms with van der Waals surface area (Å²) in [5.74, 6) is 0.553. The Morgan fingerprint density at radius 2 is 1.76 bits per heavy atom. The molecule has 1 aromatic heterocycles. The van der Waals surface area contributed by atoms with Gasteiger partial charge in [0.05, 0.1) is 5.69 Å². The van der Waals surface area contributed by atoms with Crippen LogP contribution in [0.2, 0.25) is 0 Å². The van der Waals surface area contributed by atoms with Gasteiger partial charge in [-0.3, -0.25) is 0 Å². The molecule has 0 spiro atoms. The Balaban J connectivity index is 2.94. The summed E-state index contributed by atoms with van der Waals surface area (Å²) < 4.78 is 0. The van der Waals surface area contributed by atoms with E-state index in [4.69, 9.17) is 4.98 Å². The molecule has 0 aromatic carbocycles. The molecule has 1 rings (SSSR count). The summed E-state index contributed by atoms with van der Waals surface area (Å²) in [6.07, 6.45) is 6.15. The van der Waals surface area contributed by atoms with Crippen molar-refractivity contribution in [3.63, 3.8) is 0 Å². The van der Waals surface area contributed by atoms with Crippen molar-refractivity contribution in [3.8, 4) is 0 Å². The topological polar surface area (TPSA) is 28.2 Å². The van der Waals surface area contributed by atoms with Gasteiger partial charge in [-0.2, -0.15) is 0 Å². The van der Waals surface area contributed by atoms with Gasteiger partial charge in [-0.05, 0) is 32.2 Å². The van der Waals surface area contributed by atoms with Gasteiger partial charge in [-0.15, -0.1) is 11.3 Å². The molecular formula is C17H33N3S. The predicted octanol–water partition coefficient (Wildman–Crippen LogP) is 4.78. The van der Waals surface area contributed by atoms with Crippen LogP contribution in [0.5, 0.6) is 0 Å². The van der Waals surface area contributed by atoms with Gasteiger partial charge < -0.3 is 10.2 Å². The molecule has 1 heterocycles. The van der Waals surface area contributed by atoms with Crippen molar-refractivity contribution in [2.75, 3.05) is 25.0 Å². The van der Waals surface area contributed by atoms with Crippen LogP contribution in [-0.2, 0) is 6.54 Å². The molecule has 122 valence electrons. The van der Waals surface area contributed by atoms with Gasteiger partial charge in [0.1, 0.15) is 0 Å². The monoisotopic (exact) mass is 311 g/mol. The van der Waals surface area contributed by atoms with E-state index in [1.54, 1.807) is 0 Å². The smallest absolute Gasteiger partial charge is 0.185 e. The summed E-state index contributed by atoms with van der Waals surface area (Å²) in [6.45, 7) is 12.3. The third-order valence-corrected chi connectivity index (χ3v) is 5.10. The molecule has 0 aliphatic carbocycles. The van der Waals surface area contributed by atoms with Gasteiger partial charge in [0, 0.05) is 24.5 Å². The number of anilines is 1. The number of hydrogen-bond donors (Lipinski definition) is 1. The lowest BCUT2D eigenvalue weighted by Gasteiger charge is -2.21. The summed E-state index contributed by atoms with van der Waals surface area (Å²) in [5, 5.41) is 4.53. The maximum atomic E-state index is 5.01. The maximum absolute atomic E-state index is 5.01. The summed E-state index contributed by atoms with van der Waals surface area (Å²) in [5.41, 5.74) is 1.31. The minimum atomic E-state index is 0.553. The molecular weight excluding hydrogens is 278 g/mol. The van der Waals surface area contributed by atoms with E-state index in [9.17, 15) is 0 Å². The van der Waals surface area contributed by atoms with Crippen molar-refractivity contribution in [3.05, 3.63) is 10.6 Å². The minimum absolute atomic E-state index is 0.553. The first-order valence-corrected chi connectivity index (χ1v) is 9.38. The van der Waals surface area contributed by atoms with Crippen LogP contribution < -0.4 is 10.2 Å². The zero-order valence-corrected chi connectivity index (χ0v) is 15.4. The standard InChI is InChI=1S/C17H33N3S/c1-6-9-11-20(12-10-7-2)17-19-16(14(4)8-3)15(21-17)13-18-5/h14,18H,6-13H2,1-5H3. The molecule has 1 N–H and O–H groups in total. The summed E-state index contributed by atoms with van der Waals surface area (Å²) in [7, 11) is 2.02. The van der Waals surface area contributed by atoms with Crippen LogP contribution in [-0.4, -0.2) is 25.1 Å². The summed E-state index contributed by atoms with van der Waals surface area (Å²) >= 11 is 1.89. The van der Waals surface area contributed by atoms with Gasteiger partial charge in [-0.25, -0.2) is 4.98 Å². The van der Waals surface area contributed by atoms with Crippen molar-refractivity contribution in [2.24, 2.45) is 0 Å². The third-order valence-electron chi connectivity index (χ3n) is 3.97. The van der Waals surface area contributed by atoms with Crippen LogP contribution in [0.25, 0.3) is 0 Å². The normalized spacial score (nSPS) is 12.6. The fourth-order valence-electron chi connectivity index (χ4n) is 2.35. The molecule has 0 saturated carbocycles. The van der Waals surface area contributed by atoms with Crippen molar-refractivity contribution in [1.82, 2.24) is 10.3 Å². The molecule has 0 radical (unpaired) electrons. The first-order chi connectivity index (χ1) is 10.2. The van der Waals surface area contributed by atoms with E-state index in [0.29, 0.717) is 5.92 Å². The van der Waals surface area contributed by atoms with Crippen LogP contribution in [0.4, 0.5) is 5.13 Å². The van der Waals surface area contributed by atoms with Crippen molar-refractivity contribution < 1.29 is 0 Å². The first-order valence-electron chi connectivity index (χ1n) is 8.56. The lowest BCUT2D eigenvalue weighted by molar-refractivity contribution is 0.666. The molecule has 0 amide bonds. The highest BCUT2D eigenvalue weighted by Crippen LogP contribution is 2.32. The number of rotatable bonds is 11. The lowest BCUT2D eigenvalue weighted by Crippen LogP contribution is -2.25. The number of nitrogens with one attached hydrogen (secondary N) is 1. The fourth-order valence-corrected chi connectivity index (χ4v) is 3.60. The molecule has 0 aliphatic rings. The fraction of sp³-hybridized carbons (Fsp3) is 0.824. The largest absolute Gasteiger partial charge is 0.348 e. The molecule has 0 saturated heterocycles. The van der Waals surface area contributed by atoms with Crippen LogP contribution in [0.1, 0.15) is 76.3 Å². The van der Waals surface area contributed by atoms with Crippen molar-refractivity contribution in [2.45, 2.75) is 72.3 Å². The zero-order chi connectivity index (χ0) is 15.7. The van der Waals surface area contributed by atoms with Crippen LogP contribution in [0.3, 0.4) is 0 Å². The first kappa shape index (κ1) is 18.4. The van der Waals surface area contributed by atoms with Gasteiger partial charge in [0.2, 0.25) is 0 Å². The molecule has 21 heavy (non-hydrogen) atoms. The Labute approximate surface area is 135 Å². The van der Waals surface area contributed by atoms with Gasteiger partial charge in [0.15, 0.2) is 5.13 Å². The molecule has 0 fully saturated rings. The Morgan fingerprint density at radius 1 is 1.14 bits per heavy atom. The van der Waals surface area contributed by atoms with Crippen molar-refractivity contribution in [1.29, 1.82) is 0 Å². The highest BCUT2D eigenvalue weighted by molar-refractivity contribution is 7.15. The second-order valence-corrected chi connectivity index (χ2v) is 6.90. The minimum Gasteiger partial charge on any atom is -0.348 e. The number of hydrogen-bond acceptors (Lipinski definition) is 4. The van der Waals surface area contributed by atoms with Crippen LogP contribution >= 0.6 is 11.3 Å². The van der Waals surface area contributed by atoms with Gasteiger partial charge in [-0.1, -0.05) is 40.5 Å². The number of thiazole rings is 1. The zero-order valence-electron chi connectivity index (χ0n) is 14.5. The second kappa shape index (κ2) is 10.2. The molecule has 0 bridgehead atoms. The highest BCUT2D eigenvalue weighted by Gasteiger charge is 2.18. The van der Waals surface area contributed by atoms with E-state index in [0.717, 1.165) is 26.1 Å². The molecule has 1 aromatic rings. The molecule has 1 atom stereocenters. The molecule has 0 aliphatic heterocycles. The number of unbranched alkanes of at least 4 members (excludes halogenated alkanes) is 2. The Morgan fingerprint density at radius 3 is 2.24 bits per heavy atom. The number of nitrogens with zero attached hydrogens (tertiary/aromatic N) is 2. The van der Waals surface area contributed by atoms with Gasteiger partial charge in [0.25, 0.3) is 0 Å². The van der Waals surface area contributed by atoms with Crippen molar-refractivity contribution >= 4 is 16.5 Å². The average molecular weight is 312 g/mol. The average Bonchev–Trinajstić information content (AvgIpc) is 2.91. The van der Waals surface area contributed by atoms with E-state index >= 15 is 0 Å². The quantitative estimate of drug-likeness (QED) is 0.637. The van der Waals surface area contributed by atoms with E-state index < -0.39 is 0 Å². The highest BCUT2D eigenvalue weighted by atomic mass is 32.1. The molecule has 1 unspecified atom stereocenters. The molecule has 4 heteroatoms. The summed E-state index contributed by atoms with van der Waals surface area (Å²) in [6, 6.07) is 0. The maximum Gasteiger partial charge on any atom is 0.185 e. The Bertz CT molecular complexity index is 381. The van der Waals surface area contributed by atoms with E-state index in [1.165, 1.54) is 41.4 Å². The van der Waals surface area contributed by atoms with Crippen LogP contribution in [0, 0.1) is 0 Å². The summed E-state index contributed by atoms with van der Waals surface area (Å²) in [4.78, 5) is 8.93. The lowest BCUT2D eigenvalue weighted by atomic mass is 10.0. The second-order valence-electron chi connectivity index (χ2n) is 5.84. The van der Waals surface area contributed by atoms with Gasteiger partial charge >= 0.3 is 0 Å².